The Labute approximate surface area is 127 Å². The number of halogens is 1. The minimum absolute atomic E-state index is 0.152. The molecule has 0 amide bonds. The highest BCUT2D eigenvalue weighted by Crippen LogP contribution is 2.28. The topological polar surface area (TPSA) is 51.7 Å². The third-order valence-electron chi connectivity index (χ3n) is 3.73. The number of carbonyl (C=O) groups is 1. The van der Waals surface area contributed by atoms with Crippen LogP contribution in [0.5, 0.6) is 0 Å². The summed E-state index contributed by atoms with van der Waals surface area (Å²) < 4.78 is 11.1. The first-order valence-electron chi connectivity index (χ1n) is 6.58. The summed E-state index contributed by atoms with van der Waals surface area (Å²) in [5.74, 6) is 0.795. The molecule has 2 rings (SSSR count). The largest absolute Gasteiger partial charge is 0.465 e. The second-order valence-corrected chi connectivity index (χ2v) is 5.92. The summed E-state index contributed by atoms with van der Waals surface area (Å²) in [7, 11) is 3.10. The molecular formula is C14H19BrN2O3. The Morgan fingerprint density at radius 3 is 2.90 bits per heavy atom. The third-order valence-corrected chi connectivity index (χ3v) is 4.16. The van der Waals surface area contributed by atoms with Gasteiger partial charge in [0.15, 0.2) is 0 Å². The fourth-order valence-electron chi connectivity index (χ4n) is 2.48. The first kappa shape index (κ1) is 15.3. The van der Waals surface area contributed by atoms with Crippen molar-refractivity contribution in [1.29, 1.82) is 0 Å². The molecule has 0 bridgehead atoms. The number of hydrogen-bond donors (Lipinski definition) is 0. The normalized spacial score (nSPS) is 22.7. The number of nitrogens with zero attached hydrogens (tertiary/aromatic N) is 2. The van der Waals surface area contributed by atoms with Crippen molar-refractivity contribution in [2.24, 2.45) is 5.92 Å². The van der Waals surface area contributed by atoms with Crippen LogP contribution in [0.1, 0.15) is 23.7 Å². The van der Waals surface area contributed by atoms with Gasteiger partial charge in [0, 0.05) is 30.9 Å². The maximum Gasteiger partial charge on any atom is 0.341 e. The Morgan fingerprint density at radius 2 is 2.25 bits per heavy atom. The molecule has 0 spiro atoms. The molecule has 6 heteroatoms. The average Bonchev–Trinajstić information content (AvgIpc) is 2.47. The van der Waals surface area contributed by atoms with Crippen molar-refractivity contribution in [1.82, 2.24) is 4.98 Å². The van der Waals surface area contributed by atoms with Crippen molar-refractivity contribution >= 4 is 27.7 Å². The Balaban J connectivity index is 2.30. The number of hydrogen-bond acceptors (Lipinski definition) is 5. The van der Waals surface area contributed by atoms with Crippen LogP contribution in [-0.4, -0.2) is 44.4 Å². The lowest BCUT2D eigenvalue weighted by atomic mass is 9.95. The molecule has 1 aliphatic rings. The Morgan fingerprint density at radius 1 is 1.50 bits per heavy atom. The van der Waals surface area contributed by atoms with Crippen LogP contribution in [-0.2, 0) is 9.47 Å². The average molecular weight is 343 g/mol. The fourth-order valence-corrected chi connectivity index (χ4v) is 2.81. The quantitative estimate of drug-likeness (QED) is 0.790. The van der Waals surface area contributed by atoms with E-state index >= 15 is 0 Å². The van der Waals surface area contributed by atoms with Crippen molar-refractivity contribution in [3.8, 4) is 0 Å². The van der Waals surface area contributed by atoms with Gasteiger partial charge in [-0.05, 0) is 34.3 Å². The molecule has 1 fully saturated rings. The van der Waals surface area contributed by atoms with E-state index in [1.165, 1.54) is 7.11 Å². The van der Waals surface area contributed by atoms with Crippen LogP contribution in [0.15, 0.2) is 16.7 Å². The first-order valence-corrected chi connectivity index (χ1v) is 7.37. The van der Waals surface area contributed by atoms with E-state index in [1.54, 1.807) is 19.4 Å². The van der Waals surface area contributed by atoms with Crippen LogP contribution >= 0.6 is 15.9 Å². The molecule has 0 aliphatic carbocycles. The molecule has 0 radical (unpaired) electrons. The summed E-state index contributed by atoms with van der Waals surface area (Å²) in [5.41, 5.74) is 0.478. The molecule has 0 aromatic carbocycles. The van der Waals surface area contributed by atoms with Crippen molar-refractivity contribution in [2.75, 3.05) is 32.2 Å². The van der Waals surface area contributed by atoms with E-state index in [0.717, 1.165) is 24.0 Å². The minimum atomic E-state index is -0.374. The SMILES string of the molecule is COC(=O)c1cc(Br)cnc1N1CCC(C)C(OC)C1. The molecule has 2 atom stereocenters. The summed E-state index contributed by atoms with van der Waals surface area (Å²) in [6, 6.07) is 1.74. The van der Waals surface area contributed by atoms with E-state index < -0.39 is 0 Å². The van der Waals surface area contributed by atoms with Gasteiger partial charge in [0.1, 0.15) is 11.4 Å². The molecule has 20 heavy (non-hydrogen) atoms. The van der Waals surface area contributed by atoms with Gasteiger partial charge in [-0.15, -0.1) is 0 Å². The number of anilines is 1. The van der Waals surface area contributed by atoms with E-state index in [-0.39, 0.29) is 12.1 Å². The van der Waals surface area contributed by atoms with E-state index in [0.29, 0.717) is 17.3 Å². The second kappa shape index (κ2) is 6.54. The number of ether oxygens (including phenoxy) is 2. The van der Waals surface area contributed by atoms with Gasteiger partial charge >= 0.3 is 5.97 Å². The van der Waals surface area contributed by atoms with Crippen molar-refractivity contribution in [3.63, 3.8) is 0 Å². The monoisotopic (exact) mass is 342 g/mol. The first-order chi connectivity index (χ1) is 9.56. The molecular weight excluding hydrogens is 324 g/mol. The number of pyridine rings is 1. The predicted octanol–water partition coefficient (Wildman–Crippen LogP) is 2.49. The minimum Gasteiger partial charge on any atom is -0.465 e. The highest BCUT2D eigenvalue weighted by Gasteiger charge is 2.29. The number of rotatable bonds is 3. The molecule has 1 aromatic heterocycles. The maximum absolute atomic E-state index is 11.9. The molecule has 1 aromatic rings. The Hall–Kier alpha value is -1.14. The lowest BCUT2D eigenvalue weighted by Gasteiger charge is -2.37. The lowest BCUT2D eigenvalue weighted by molar-refractivity contribution is 0.0491. The molecule has 2 unspecified atom stereocenters. The molecule has 0 N–H and O–H groups in total. The lowest BCUT2D eigenvalue weighted by Crippen LogP contribution is -2.44. The fraction of sp³-hybridized carbons (Fsp3) is 0.571. The Kier molecular flexibility index (Phi) is 4.99. The highest BCUT2D eigenvalue weighted by molar-refractivity contribution is 9.10. The number of aromatic nitrogens is 1. The summed E-state index contributed by atoms with van der Waals surface area (Å²) in [4.78, 5) is 18.4. The second-order valence-electron chi connectivity index (χ2n) is 5.00. The summed E-state index contributed by atoms with van der Waals surface area (Å²) in [5, 5.41) is 0. The zero-order chi connectivity index (χ0) is 14.7. The van der Waals surface area contributed by atoms with Gasteiger partial charge in [-0.2, -0.15) is 0 Å². The summed E-state index contributed by atoms with van der Waals surface area (Å²) in [6.07, 6.45) is 2.86. The van der Waals surface area contributed by atoms with Gasteiger partial charge in [-0.1, -0.05) is 6.92 Å². The van der Waals surface area contributed by atoms with E-state index in [1.807, 2.05) is 0 Å². The van der Waals surface area contributed by atoms with Gasteiger partial charge in [-0.3, -0.25) is 0 Å². The maximum atomic E-state index is 11.9. The Bertz CT molecular complexity index is 495. The summed E-state index contributed by atoms with van der Waals surface area (Å²) >= 11 is 3.34. The molecule has 1 saturated heterocycles. The number of piperidine rings is 1. The highest BCUT2D eigenvalue weighted by atomic mass is 79.9. The molecule has 110 valence electrons. The predicted molar refractivity (Wildman–Crippen MR) is 80.1 cm³/mol. The van der Waals surface area contributed by atoms with Crippen LogP contribution in [0.2, 0.25) is 0 Å². The van der Waals surface area contributed by atoms with Gasteiger partial charge in [0.2, 0.25) is 0 Å². The standard InChI is InChI=1S/C14H19BrN2O3/c1-9-4-5-17(8-12(9)19-2)13-11(14(18)20-3)6-10(15)7-16-13/h6-7,9,12H,4-5,8H2,1-3H3. The van der Waals surface area contributed by atoms with Crippen LogP contribution in [0.25, 0.3) is 0 Å². The number of carbonyl (C=O) groups excluding carboxylic acids is 1. The summed E-state index contributed by atoms with van der Waals surface area (Å²) in [6.45, 7) is 3.78. The zero-order valence-electron chi connectivity index (χ0n) is 11.9. The molecule has 5 nitrogen and oxygen atoms in total. The van der Waals surface area contributed by atoms with Crippen molar-refractivity contribution in [2.45, 2.75) is 19.4 Å². The van der Waals surface area contributed by atoms with Crippen LogP contribution in [0.3, 0.4) is 0 Å². The molecule has 1 aliphatic heterocycles. The van der Waals surface area contributed by atoms with E-state index in [9.17, 15) is 4.79 Å². The van der Waals surface area contributed by atoms with E-state index in [4.69, 9.17) is 9.47 Å². The zero-order valence-corrected chi connectivity index (χ0v) is 13.5. The molecule has 2 heterocycles. The van der Waals surface area contributed by atoms with Crippen LogP contribution < -0.4 is 4.90 Å². The van der Waals surface area contributed by atoms with Crippen LogP contribution in [0.4, 0.5) is 5.82 Å². The van der Waals surface area contributed by atoms with Crippen molar-refractivity contribution in [3.05, 3.63) is 22.3 Å². The van der Waals surface area contributed by atoms with Crippen LogP contribution in [0, 0.1) is 5.92 Å². The van der Waals surface area contributed by atoms with Gasteiger partial charge < -0.3 is 14.4 Å². The number of esters is 1. The molecule has 0 saturated carbocycles. The van der Waals surface area contributed by atoms with E-state index in [2.05, 4.69) is 32.7 Å². The van der Waals surface area contributed by atoms with Gasteiger partial charge in [0.05, 0.1) is 13.2 Å². The number of methoxy groups -OCH3 is 2. The third kappa shape index (κ3) is 3.12. The smallest absolute Gasteiger partial charge is 0.341 e. The van der Waals surface area contributed by atoms with Crippen molar-refractivity contribution < 1.29 is 14.3 Å². The van der Waals surface area contributed by atoms with Gasteiger partial charge in [-0.25, -0.2) is 9.78 Å². The van der Waals surface area contributed by atoms with Gasteiger partial charge in [0.25, 0.3) is 0 Å².